The lowest BCUT2D eigenvalue weighted by atomic mass is 9.86. The Kier molecular flexibility index (Phi) is 4.48. The molecular formula is C44H27N. The van der Waals surface area contributed by atoms with Crippen LogP contribution in [0.2, 0.25) is 0 Å². The van der Waals surface area contributed by atoms with Crippen molar-refractivity contribution in [2.24, 2.45) is 0 Å². The molecule has 2 aliphatic rings. The summed E-state index contributed by atoms with van der Waals surface area (Å²) < 4.78 is 0. The van der Waals surface area contributed by atoms with Gasteiger partial charge in [-0.1, -0.05) is 115 Å². The van der Waals surface area contributed by atoms with Gasteiger partial charge in [0.05, 0.1) is 6.04 Å². The van der Waals surface area contributed by atoms with Crippen LogP contribution in [0, 0.1) is 0 Å². The molecule has 11 rings (SSSR count). The predicted octanol–water partition coefficient (Wildman–Crippen LogP) is 11.3. The maximum atomic E-state index is 2.59. The molecule has 0 bridgehead atoms. The van der Waals surface area contributed by atoms with E-state index in [1.807, 2.05) is 0 Å². The Morgan fingerprint density at radius 1 is 0.400 bits per heavy atom. The second-order valence-electron chi connectivity index (χ2n) is 12.8. The molecule has 0 saturated carbocycles. The Hall–Kier alpha value is -5.66. The molecule has 1 nitrogen and oxygen atoms in total. The smallest absolute Gasteiger partial charge is 0.0632 e. The Labute approximate surface area is 260 Å². The number of para-hydroxylation sites is 1. The Morgan fingerprint density at radius 3 is 1.89 bits per heavy atom. The third-order valence-electron chi connectivity index (χ3n) is 10.6. The molecule has 0 heterocycles. The molecule has 0 spiro atoms. The normalized spacial score (nSPS) is 15.0. The minimum absolute atomic E-state index is 0.179. The summed E-state index contributed by atoms with van der Waals surface area (Å²) >= 11 is 0. The number of benzene rings is 9. The van der Waals surface area contributed by atoms with E-state index in [4.69, 9.17) is 0 Å². The van der Waals surface area contributed by atoms with Gasteiger partial charge in [-0.05, 0) is 124 Å². The van der Waals surface area contributed by atoms with Crippen LogP contribution in [0.4, 0.5) is 11.4 Å². The van der Waals surface area contributed by atoms with Gasteiger partial charge in [0.25, 0.3) is 0 Å². The van der Waals surface area contributed by atoms with E-state index in [0.29, 0.717) is 0 Å². The lowest BCUT2D eigenvalue weighted by Crippen LogP contribution is -2.27. The van der Waals surface area contributed by atoms with E-state index in [9.17, 15) is 0 Å². The summed E-state index contributed by atoms with van der Waals surface area (Å²) in [4.78, 5) is 2.59. The van der Waals surface area contributed by atoms with Crippen molar-refractivity contribution < 1.29 is 0 Å². The van der Waals surface area contributed by atoms with Crippen molar-refractivity contribution in [2.75, 3.05) is 4.90 Å². The highest BCUT2D eigenvalue weighted by Gasteiger charge is 2.30. The second-order valence-corrected chi connectivity index (χ2v) is 12.8. The van der Waals surface area contributed by atoms with E-state index in [-0.39, 0.29) is 6.04 Å². The predicted molar refractivity (Wildman–Crippen MR) is 192 cm³/mol. The molecule has 0 radical (unpaired) electrons. The molecule has 0 saturated heterocycles. The molecule has 9 aromatic rings. The first-order chi connectivity index (χ1) is 22.3. The zero-order chi connectivity index (χ0) is 29.2. The lowest BCUT2D eigenvalue weighted by Gasteiger charge is -2.36. The highest BCUT2D eigenvalue weighted by Crippen LogP contribution is 2.53. The van der Waals surface area contributed by atoms with Crippen molar-refractivity contribution in [1.82, 2.24) is 0 Å². The summed E-state index contributed by atoms with van der Waals surface area (Å²) in [5, 5.41) is 14.9. The van der Waals surface area contributed by atoms with Gasteiger partial charge in [0.2, 0.25) is 0 Å². The minimum Gasteiger partial charge on any atom is -0.334 e. The van der Waals surface area contributed by atoms with Crippen molar-refractivity contribution in [3.63, 3.8) is 0 Å². The van der Waals surface area contributed by atoms with Gasteiger partial charge in [-0.2, -0.15) is 0 Å². The van der Waals surface area contributed by atoms with Crippen LogP contribution >= 0.6 is 0 Å². The van der Waals surface area contributed by atoms with Gasteiger partial charge < -0.3 is 4.90 Å². The molecule has 0 aliphatic heterocycles. The van der Waals surface area contributed by atoms with Crippen molar-refractivity contribution in [3.05, 3.63) is 150 Å². The monoisotopic (exact) mass is 569 g/mol. The average molecular weight is 570 g/mol. The van der Waals surface area contributed by atoms with E-state index in [1.54, 1.807) is 0 Å². The fourth-order valence-corrected chi connectivity index (χ4v) is 8.72. The van der Waals surface area contributed by atoms with Crippen molar-refractivity contribution in [3.8, 4) is 22.3 Å². The first-order valence-electron chi connectivity index (χ1n) is 16.0. The van der Waals surface area contributed by atoms with Crippen LogP contribution in [-0.2, 0) is 0 Å². The van der Waals surface area contributed by atoms with Crippen molar-refractivity contribution >= 4 is 71.3 Å². The molecule has 1 atom stereocenters. The van der Waals surface area contributed by atoms with Gasteiger partial charge in [0.1, 0.15) is 0 Å². The third kappa shape index (κ3) is 3.07. The molecule has 1 unspecified atom stereocenters. The largest absolute Gasteiger partial charge is 0.334 e. The van der Waals surface area contributed by atoms with E-state index < -0.39 is 0 Å². The summed E-state index contributed by atoms with van der Waals surface area (Å²) in [6.45, 7) is 0. The van der Waals surface area contributed by atoms with Crippen LogP contribution < -0.4 is 10.1 Å². The SMILES string of the molecule is C1=c2ccc3cccc4ccc(c2c43)C(N(c2ccccc2)c2ccc3c(c2)-c2cc4cccc5ccc6ccc-3c2c6c54)C1. The van der Waals surface area contributed by atoms with Gasteiger partial charge in [-0.15, -0.1) is 0 Å². The zero-order valence-corrected chi connectivity index (χ0v) is 24.6. The Balaban J connectivity index is 1.16. The number of anilines is 2. The average Bonchev–Trinajstić information content (AvgIpc) is 3.42. The molecule has 0 fully saturated rings. The number of nitrogens with zero attached hydrogens (tertiary/aromatic N) is 1. The maximum Gasteiger partial charge on any atom is 0.0632 e. The molecule has 45 heavy (non-hydrogen) atoms. The van der Waals surface area contributed by atoms with Crippen LogP contribution in [0.15, 0.2) is 140 Å². The molecular weight excluding hydrogens is 542 g/mol. The molecule has 1 heteroatoms. The van der Waals surface area contributed by atoms with Gasteiger partial charge in [-0.3, -0.25) is 0 Å². The Bertz CT molecular complexity index is 2720. The highest BCUT2D eigenvalue weighted by molar-refractivity contribution is 6.32. The van der Waals surface area contributed by atoms with Crippen LogP contribution in [0.3, 0.4) is 0 Å². The van der Waals surface area contributed by atoms with Crippen LogP contribution in [0.25, 0.3) is 82.2 Å². The van der Waals surface area contributed by atoms with E-state index >= 15 is 0 Å². The van der Waals surface area contributed by atoms with Gasteiger partial charge >= 0.3 is 0 Å². The van der Waals surface area contributed by atoms with Gasteiger partial charge in [0, 0.05) is 11.4 Å². The van der Waals surface area contributed by atoms with E-state index in [0.717, 1.165) is 6.42 Å². The topological polar surface area (TPSA) is 3.24 Å². The van der Waals surface area contributed by atoms with Crippen LogP contribution in [-0.4, -0.2) is 0 Å². The number of fused-ring (bicyclic) bond motifs is 3. The van der Waals surface area contributed by atoms with Gasteiger partial charge in [-0.25, -0.2) is 0 Å². The minimum atomic E-state index is 0.179. The number of rotatable bonds is 3. The maximum absolute atomic E-state index is 2.59. The molecule has 208 valence electrons. The van der Waals surface area contributed by atoms with Crippen LogP contribution in [0.5, 0.6) is 0 Å². The summed E-state index contributed by atoms with van der Waals surface area (Å²) in [6, 6.07) is 52.7. The molecule has 0 amide bonds. The fraction of sp³-hybridized carbons (Fsp3) is 0.0455. The molecule has 0 N–H and O–H groups in total. The number of hydrogen-bond donors (Lipinski definition) is 0. The van der Waals surface area contributed by atoms with Crippen LogP contribution in [0.1, 0.15) is 18.0 Å². The summed E-state index contributed by atoms with van der Waals surface area (Å²) in [6.07, 6.45) is 3.40. The first kappa shape index (κ1) is 23.8. The summed E-state index contributed by atoms with van der Waals surface area (Å²) in [5.74, 6) is 0. The van der Waals surface area contributed by atoms with Gasteiger partial charge in [0.15, 0.2) is 0 Å². The van der Waals surface area contributed by atoms with Crippen molar-refractivity contribution in [1.29, 1.82) is 0 Å². The standard InChI is InChI=1S/C44H27N/c1-2-10-32(11-3-1)45(39-23-18-29-14-12-26-6-4-7-28-17-21-36(39)42(29)40(26)28)33-19-22-34-35-20-16-30-15-13-27-8-5-9-31-24-38(37(34)25-33)44(35)43(30)41(27)31/h1-22,24-25,39H,23H2. The second kappa shape index (κ2) is 8.49. The first-order valence-corrected chi connectivity index (χ1v) is 16.0. The lowest BCUT2D eigenvalue weighted by molar-refractivity contribution is 0.726. The molecule has 0 aromatic heterocycles. The molecule has 2 aliphatic carbocycles. The van der Waals surface area contributed by atoms with E-state index in [2.05, 4.69) is 151 Å². The molecule has 9 aromatic carbocycles. The number of hydrogen-bond acceptors (Lipinski definition) is 1. The zero-order valence-electron chi connectivity index (χ0n) is 24.6. The fourth-order valence-electron chi connectivity index (χ4n) is 8.72. The van der Waals surface area contributed by atoms with E-state index in [1.165, 1.54) is 98.3 Å². The Morgan fingerprint density at radius 2 is 1.07 bits per heavy atom. The summed E-state index contributed by atoms with van der Waals surface area (Å²) in [7, 11) is 0. The quantitative estimate of drug-likeness (QED) is 0.191. The third-order valence-corrected chi connectivity index (χ3v) is 10.6. The highest BCUT2D eigenvalue weighted by atomic mass is 15.2. The van der Waals surface area contributed by atoms with Crippen molar-refractivity contribution in [2.45, 2.75) is 12.5 Å². The summed E-state index contributed by atoms with van der Waals surface area (Å²) in [5.41, 5.74) is 9.23.